The molecule has 0 aliphatic carbocycles. The van der Waals surface area contributed by atoms with Crippen LogP contribution in [-0.4, -0.2) is 0 Å². The summed E-state index contributed by atoms with van der Waals surface area (Å²) in [4.78, 5) is 0. The quantitative estimate of drug-likeness (QED) is 0.618. The summed E-state index contributed by atoms with van der Waals surface area (Å²) in [5, 5.41) is 2.47. The normalized spacial score (nSPS) is 10.6. The molecule has 3 aromatic rings. The van der Waals surface area contributed by atoms with Crippen LogP contribution in [0, 0.1) is 6.92 Å². The van der Waals surface area contributed by atoms with Gasteiger partial charge in [0.2, 0.25) is 0 Å². The Kier molecular flexibility index (Phi) is 4.20. The zero-order chi connectivity index (χ0) is 14.8. The van der Waals surface area contributed by atoms with Gasteiger partial charge >= 0.3 is 0 Å². The maximum atomic E-state index is 2.77. The molecule has 21 heavy (non-hydrogen) atoms. The Morgan fingerprint density at radius 2 is 1.00 bits per heavy atom. The van der Waals surface area contributed by atoms with Crippen LogP contribution in [0.1, 0.15) is 5.56 Å². The minimum Gasteiger partial charge on any atom is -0.106 e. The van der Waals surface area contributed by atoms with Crippen molar-refractivity contribution in [1.29, 1.82) is 0 Å². The predicted molar refractivity (Wildman–Crippen MR) is 101 cm³/mol. The van der Waals surface area contributed by atoms with Crippen molar-refractivity contribution in [2.75, 3.05) is 0 Å². The van der Waals surface area contributed by atoms with Gasteiger partial charge in [-0.3, -0.25) is 0 Å². The SMILES string of the molecule is Cc1cc(-c2ccc(-c3ccc(P)cc3)cc2)ccc1P. The van der Waals surface area contributed by atoms with Gasteiger partial charge in [0.05, 0.1) is 0 Å². The molecule has 0 aliphatic heterocycles. The van der Waals surface area contributed by atoms with Crippen LogP contribution in [0.3, 0.4) is 0 Å². The van der Waals surface area contributed by atoms with Crippen LogP contribution >= 0.6 is 18.5 Å². The Bertz CT molecular complexity index is 757. The highest BCUT2D eigenvalue weighted by Crippen LogP contribution is 2.25. The smallest absolute Gasteiger partial charge is 0.0181 e. The molecule has 0 aliphatic rings. The highest BCUT2D eigenvalue weighted by atomic mass is 31.0. The molecule has 2 heteroatoms. The number of hydrogen-bond donors (Lipinski definition) is 0. The summed E-state index contributed by atoms with van der Waals surface area (Å²) >= 11 is 0. The first-order chi connectivity index (χ1) is 10.1. The number of aryl methyl sites for hydroxylation is 1. The van der Waals surface area contributed by atoms with Crippen molar-refractivity contribution in [3.05, 3.63) is 72.3 Å². The summed E-state index contributed by atoms with van der Waals surface area (Å²) in [5.41, 5.74) is 6.34. The summed E-state index contributed by atoms with van der Waals surface area (Å²) in [7, 11) is 5.49. The largest absolute Gasteiger partial charge is 0.106 e. The summed E-state index contributed by atoms with van der Waals surface area (Å²) in [5.74, 6) is 0. The first kappa shape index (κ1) is 14.5. The zero-order valence-corrected chi connectivity index (χ0v) is 14.3. The predicted octanol–water partition coefficient (Wildman–Crippen LogP) is 4.33. The van der Waals surface area contributed by atoms with Gasteiger partial charge in [-0.15, -0.1) is 18.5 Å². The monoisotopic (exact) mass is 308 g/mol. The van der Waals surface area contributed by atoms with Gasteiger partial charge in [0.25, 0.3) is 0 Å². The molecule has 104 valence electrons. The lowest BCUT2D eigenvalue weighted by molar-refractivity contribution is 1.51. The van der Waals surface area contributed by atoms with Crippen molar-refractivity contribution in [1.82, 2.24) is 0 Å². The van der Waals surface area contributed by atoms with E-state index in [0.717, 1.165) is 0 Å². The van der Waals surface area contributed by atoms with E-state index in [4.69, 9.17) is 0 Å². The Balaban J connectivity index is 1.93. The standard InChI is InChI=1S/C19H18P2/c1-13-12-17(8-11-19(13)21)16-4-2-14(3-5-16)15-6-9-18(20)10-7-15/h2-12H,20-21H2,1H3. The van der Waals surface area contributed by atoms with Gasteiger partial charge in [0.15, 0.2) is 0 Å². The molecule has 0 fully saturated rings. The van der Waals surface area contributed by atoms with Crippen LogP contribution in [0.5, 0.6) is 0 Å². The molecule has 0 amide bonds. The van der Waals surface area contributed by atoms with E-state index in [1.54, 1.807) is 0 Å². The Labute approximate surface area is 131 Å². The number of rotatable bonds is 2. The van der Waals surface area contributed by atoms with Crippen LogP contribution in [-0.2, 0) is 0 Å². The van der Waals surface area contributed by atoms with E-state index in [-0.39, 0.29) is 0 Å². The highest BCUT2D eigenvalue weighted by Gasteiger charge is 2.02. The molecule has 0 spiro atoms. The first-order valence-electron chi connectivity index (χ1n) is 6.96. The van der Waals surface area contributed by atoms with Crippen LogP contribution in [0.15, 0.2) is 66.7 Å². The minimum absolute atomic E-state index is 1.21. The molecule has 3 aromatic carbocycles. The fourth-order valence-electron chi connectivity index (χ4n) is 2.39. The topological polar surface area (TPSA) is 0 Å². The van der Waals surface area contributed by atoms with Gasteiger partial charge in [-0.25, -0.2) is 0 Å². The second kappa shape index (κ2) is 6.10. The van der Waals surface area contributed by atoms with E-state index >= 15 is 0 Å². The van der Waals surface area contributed by atoms with Gasteiger partial charge in [-0.1, -0.05) is 66.7 Å². The van der Waals surface area contributed by atoms with Gasteiger partial charge < -0.3 is 0 Å². The van der Waals surface area contributed by atoms with E-state index in [9.17, 15) is 0 Å². The zero-order valence-electron chi connectivity index (χ0n) is 12.0. The molecule has 2 atom stereocenters. The van der Waals surface area contributed by atoms with Crippen LogP contribution in [0.4, 0.5) is 0 Å². The van der Waals surface area contributed by atoms with Crippen molar-refractivity contribution in [2.45, 2.75) is 6.92 Å². The van der Waals surface area contributed by atoms with Gasteiger partial charge in [-0.05, 0) is 45.4 Å². The molecule has 3 rings (SSSR count). The molecule has 0 aromatic heterocycles. The molecule has 0 saturated heterocycles. The molecular weight excluding hydrogens is 290 g/mol. The van der Waals surface area contributed by atoms with Crippen molar-refractivity contribution in [3.63, 3.8) is 0 Å². The molecule has 2 unspecified atom stereocenters. The molecule has 0 radical (unpaired) electrons. The molecule has 0 N–H and O–H groups in total. The second-order valence-corrected chi connectivity index (χ2v) is 6.56. The summed E-state index contributed by atoms with van der Waals surface area (Å²) in [6.07, 6.45) is 0. The van der Waals surface area contributed by atoms with E-state index in [1.165, 1.54) is 38.4 Å². The third-order valence-electron chi connectivity index (χ3n) is 3.73. The third-order valence-corrected chi connectivity index (χ3v) is 4.76. The van der Waals surface area contributed by atoms with Crippen molar-refractivity contribution >= 4 is 29.1 Å². The average molecular weight is 308 g/mol. The Morgan fingerprint density at radius 1 is 0.571 bits per heavy atom. The maximum absolute atomic E-state index is 2.77. The highest BCUT2D eigenvalue weighted by molar-refractivity contribution is 7.27. The third kappa shape index (κ3) is 3.24. The van der Waals surface area contributed by atoms with Gasteiger partial charge in [0, 0.05) is 0 Å². The average Bonchev–Trinajstić information content (AvgIpc) is 2.51. The van der Waals surface area contributed by atoms with Gasteiger partial charge in [0.1, 0.15) is 0 Å². The Morgan fingerprint density at radius 3 is 1.52 bits per heavy atom. The summed E-state index contributed by atoms with van der Waals surface area (Å²) in [6, 6.07) is 23.9. The first-order valence-corrected chi connectivity index (χ1v) is 8.11. The van der Waals surface area contributed by atoms with Crippen LogP contribution in [0.2, 0.25) is 0 Å². The summed E-state index contributed by atoms with van der Waals surface area (Å²) in [6.45, 7) is 2.14. The fourth-order valence-corrected chi connectivity index (χ4v) is 2.76. The van der Waals surface area contributed by atoms with Crippen molar-refractivity contribution < 1.29 is 0 Å². The number of hydrogen-bond acceptors (Lipinski definition) is 0. The molecule has 0 saturated carbocycles. The van der Waals surface area contributed by atoms with Crippen LogP contribution in [0.25, 0.3) is 22.3 Å². The van der Waals surface area contributed by atoms with Crippen LogP contribution < -0.4 is 10.6 Å². The summed E-state index contributed by atoms with van der Waals surface area (Å²) < 4.78 is 0. The van der Waals surface area contributed by atoms with E-state index < -0.39 is 0 Å². The molecular formula is C19H18P2. The van der Waals surface area contributed by atoms with Crippen molar-refractivity contribution in [3.8, 4) is 22.3 Å². The lowest BCUT2D eigenvalue weighted by atomic mass is 9.99. The minimum atomic E-state index is 1.21. The fraction of sp³-hybridized carbons (Fsp3) is 0.0526. The lowest BCUT2D eigenvalue weighted by Gasteiger charge is -2.07. The van der Waals surface area contributed by atoms with E-state index in [2.05, 4.69) is 92.1 Å². The van der Waals surface area contributed by atoms with Crippen molar-refractivity contribution in [2.24, 2.45) is 0 Å². The Hall–Kier alpha value is -1.48. The van der Waals surface area contributed by atoms with Gasteiger partial charge in [-0.2, -0.15) is 0 Å². The number of benzene rings is 3. The molecule has 0 bridgehead atoms. The second-order valence-electron chi connectivity index (χ2n) is 5.27. The lowest BCUT2D eigenvalue weighted by Crippen LogP contribution is -1.95. The molecule has 0 heterocycles. The van der Waals surface area contributed by atoms with E-state index in [0.29, 0.717) is 0 Å². The maximum Gasteiger partial charge on any atom is -0.0181 e. The molecule has 0 nitrogen and oxygen atoms in total. The van der Waals surface area contributed by atoms with E-state index in [1.807, 2.05) is 0 Å².